The zero-order valence-electron chi connectivity index (χ0n) is 10.9. The van der Waals surface area contributed by atoms with Crippen LogP contribution in [0.5, 0.6) is 11.5 Å². The summed E-state index contributed by atoms with van der Waals surface area (Å²) in [4.78, 5) is 0.125. The minimum absolute atomic E-state index is 0.0385. The third kappa shape index (κ3) is 2.99. The highest BCUT2D eigenvalue weighted by Crippen LogP contribution is 2.32. The van der Waals surface area contributed by atoms with E-state index in [-0.39, 0.29) is 11.4 Å². The van der Waals surface area contributed by atoms with Crippen LogP contribution in [0, 0.1) is 0 Å². The SMILES string of the molecule is CC(O)CN(C)S(=O)(=O)c1ccc2c(c1)OCCO2. The van der Waals surface area contributed by atoms with Gasteiger partial charge in [-0.3, -0.25) is 0 Å². The lowest BCUT2D eigenvalue weighted by atomic mass is 10.3. The van der Waals surface area contributed by atoms with Gasteiger partial charge in [-0.2, -0.15) is 4.31 Å². The van der Waals surface area contributed by atoms with Gasteiger partial charge < -0.3 is 14.6 Å². The summed E-state index contributed by atoms with van der Waals surface area (Å²) in [6.07, 6.45) is -0.725. The lowest BCUT2D eigenvalue weighted by molar-refractivity contribution is 0.169. The first-order chi connectivity index (χ1) is 8.91. The Morgan fingerprint density at radius 3 is 2.58 bits per heavy atom. The van der Waals surface area contributed by atoms with Crippen molar-refractivity contribution in [2.45, 2.75) is 17.9 Å². The highest BCUT2D eigenvalue weighted by molar-refractivity contribution is 7.89. The molecular weight excluding hydrogens is 270 g/mol. The molecule has 106 valence electrons. The molecule has 1 aromatic carbocycles. The molecule has 1 atom stereocenters. The second-order valence-electron chi connectivity index (χ2n) is 4.44. The smallest absolute Gasteiger partial charge is 0.243 e. The number of nitrogens with zero attached hydrogens (tertiary/aromatic N) is 1. The Labute approximate surface area is 112 Å². The molecule has 7 heteroatoms. The predicted octanol–water partition coefficient (Wildman–Crippen LogP) is 0.459. The highest BCUT2D eigenvalue weighted by Gasteiger charge is 2.24. The van der Waals surface area contributed by atoms with Gasteiger partial charge in [0, 0.05) is 19.7 Å². The van der Waals surface area contributed by atoms with Crippen LogP contribution in [0.4, 0.5) is 0 Å². The van der Waals surface area contributed by atoms with E-state index < -0.39 is 16.1 Å². The minimum atomic E-state index is -3.63. The average Bonchev–Trinajstić information content (AvgIpc) is 2.37. The van der Waals surface area contributed by atoms with E-state index in [0.29, 0.717) is 24.7 Å². The summed E-state index contributed by atoms with van der Waals surface area (Å²) in [5.74, 6) is 0.973. The summed E-state index contributed by atoms with van der Waals surface area (Å²) in [6.45, 7) is 2.44. The minimum Gasteiger partial charge on any atom is -0.486 e. The molecule has 1 heterocycles. The first-order valence-corrected chi connectivity index (χ1v) is 7.39. The maximum atomic E-state index is 12.3. The number of rotatable bonds is 4. The van der Waals surface area contributed by atoms with E-state index in [2.05, 4.69) is 0 Å². The topological polar surface area (TPSA) is 76.1 Å². The van der Waals surface area contributed by atoms with E-state index in [1.807, 2.05) is 0 Å². The van der Waals surface area contributed by atoms with Crippen LogP contribution in [0.15, 0.2) is 23.1 Å². The van der Waals surface area contributed by atoms with Crippen LogP contribution in [0.2, 0.25) is 0 Å². The van der Waals surface area contributed by atoms with Crippen molar-refractivity contribution in [1.82, 2.24) is 4.31 Å². The molecule has 0 spiro atoms. The number of ether oxygens (including phenoxy) is 2. The molecule has 1 aliphatic rings. The molecule has 0 fully saturated rings. The van der Waals surface area contributed by atoms with E-state index >= 15 is 0 Å². The van der Waals surface area contributed by atoms with E-state index in [9.17, 15) is 13.5 Å². The van der Waals surface area contributed by atoms with Gasteiger partial charge in [-0.05, 0) is 19.1 Å². The Bertz CT molecular complexity index is 555. The number of sulfonamides is 1. The van der Waals surface area contributed by atoms with Gasteiger partial charge in [0.25, 0.3) is 0 Å². The van der Waals surface area contributed by atoms with Crippen LogP contribution in [0.1, 0.15) is 6.92 Å². The fourth-order valence-electron chi connectivity index (χ4n) is 1.83. The number of aliphatic hydroxyl groups is 1. The first-order valence-electron chi connectivity index (χ1n) is 5.95. The van der Waals surface area contributed by atoms with Gasteiger partial charge in [0.1, 0.15) is 13.2 Å². The molecular formula is C12H17NO5S. The van der Waals surface area contributed by atoms with Crippen LogP contribution < -0.4 is 9.47 Å². The van der Waals surface area contributed by atoms with Gasteiger partial charge in [-0.25, -0.2) is 8.42 Å². The van der Waals surface area contributed by atoms with Gasteiger partial charge in [0.2, 0.25) is 10.0 Å². The number of fused-ring (bicyclic) bond motifs is 1. The number of hydrogen-bond donors (Lipinski definition) is 1. The summed E-state index contributed by atoms with van der Waals surface area (Å²) in [7, 11) is -2.20. The summed E-state index contributed by atoms with van der Waals surface area (Å²) >= 11 is 0. The molecule has 1 aliphatic heterocycles. The van der Waals surface area contributed by atoms with E-state index in [4.69, 9.17) is 9.47 Å². The van der Waals surface area contributed by atoms with Crippen molar-refractivity contribution < 1.29 is 23.0 Å². The Hall–Kier alpha value is -1.31. The Morgan fingerprint density at radius 2 is 1.95 bits per heavy atom. The van der Waals surface area contributed by atoms with E-state index in [0.717, 1.165) is 4.31 Å². The quantitative estimate of drug-likeness (QED) is 0.870. The highest BCUT2D eigenvalue weighted by atomic mass is 32.2. The van der Waals surface area contributed by atoms with Gasteiger partial charge in [-0.1, -0.05) is 0 Å². The fraction of sp³-hybridized carbons (Fsp3) is 0.500. The van der Waals surface area contributed by atoms with Crippen molar-refractivity contribution in [2.75, 3.05) is 26.8 Å². The van der Waals surface area contributed by atoms with Gasteiger partial charge in [0.15, 0.2) is 11.5 Å². The monoisotopic (exact) mass is 287 g/mol. The molecule has 0 aromatic heterocycles. The number of hydrogen-bond acceptors (Lipinski definition) is 5. The zero-order chi connectivity index (χ0) is 14.0. The third-order valence-corrected chi connectivity index (χ3v) is 4.56. The van der Waals surface area contributed by atoms with Gasteiger partial charge in [0.05, 0.1) is 11.0 Å². The maximum absolute atomic E-state index is 12.3. The molecule has 2 rings (SSSR count). The number of aliphatic hydroxyl groups excluding tert-OH is 1. The summed E-state index contributed by atoms with van der Waals surface area (Å²) in [6, 6.07) is 4.50. The van der Waals surface area contributed by atoms with Crippen molar-refractivity contribution >= 4 is 10.0 Å². The molecule has 0 bridgehead atoms. The molecule has 0 radical (unpaired) electrons. The van der Waals surface area contributed by atoms with Crippen LogP contribution >= 0.6 is 0 Å². The largest absolute Gasteiger partial charge is 0.486 e. The molecule has 1 N–H and O–H groups in total. The molecule has 6 nitrogen and oxygen atoms in total. The molecule has 0 aliphatic carbocycles. The number of benzene rings is 1. The second kappa shape index (κ2) is 5.36. The van der Waals surface area contributed by atoms with Crippen molar-refractivity contribution in [3.05, 3.63) is 18.2 Å². The lowest BCUT2D eigenvalue weighted by Crippen LogP contribution is -2.33. The standard InChI is InChI=1S/C12H17NO5S/c1-9(14)8-13(2)19(15,16)10-3-4-11-12(7-10)18-6-5-17-11/h3-4,7,9,14H,5-6,8H2,1-2H3. The van der Waals surface area contributed by atoms with Gasteiger partial charge >= 0.3 is 0 Å². The van der Waals surface area contributed by atoms with Crippen molar-refractivity contribution in [2.24, 2.45) is 0 Å². The van der Waals surface area contributed by atoms with E-state index in [1.165, 1.54) is 26.1 Å². The van der Waals surface area contributed by atoms with Crippen LogP contribution in [-0.4, -0.2) is 50.7 Å². The summed E-state index contributed by atoms with van der Waals surface area (Å²) < 4.78 is 36.4. The van der Waals surface area contributed by atoms with Crippen LogP contribution in [0.25, 0.3) is 0 Å². The molecule has 19 heavy (non-hydrogen) atoms. The molecule has 0 saturated carbocycles. The van der Waals surface area contributed by atoms with Crippen molar-refractivity contribution in [1.29, 1.82) is 0 Å². The molecule has 1 aromatic rings. The lowest BCUT2D eigenvalue weighted by Gasteiger charge is -2.21. The van der Waals surface area contributed by atoms with Crippen molar-refractivity contribution in [3.8, 4) is 11.5 Å². The van der Waals surface area contributed by atoms with E-state index in [1.54, 1.807) is 6.07 Å². The first kappa shape index (κ1) is 14.1. The Kier molecular flexibility index (Phi) is 3.98. The summed E-state index contributed by atoms with van der Waals surface area (Å²) in [5.41, 5.74) is 0. The predicted molar refractivity (Wildman–Crippen MR) is 68.9 cm³/mol. The Balaban J connectivity index is 2.30. The third-order valence-electron chi connectivity index (χ3n) is 2.74. The molecule has 0 amide bonds. The van der Waals surface area contributed by atoms with Crippen LogP contribution in [-0.2, 0) is 10.0 Å². The van der Waals surface area contributed by atoms with Crippen LogP contribution in [0.3, 0.4) is 0 Å². The van der Waals surface area contributed by atoms with Crippen molar-refractivity contribution in [3.63, 3.8) is 0 Å². The molecule has 0 saturated heterocycles. The maximum Gasteiger partial charge on any atom is 0.243 e. The molecule has 1 unspecified atom stereocenters. The Morgan fingerprint density at radius 1 is 1.32 bits per heavy atom. The van der Waals surface area contributed by atoms with Gasteiger partial charge in [-0.15, -0.1) is 0 Å². The average molecular weight is 287 g/mol. The second-order valence-corrected chi connectivity index (χ2v) is 6.48. The normalized spacial score (nSPS) is 16.4. The summed E-state index contributed by atoms with van der Waals surface area (Å²) in [5, 5.41) is 9.27. The number of likely N-dealkylation sites (N-methyl/N-ethyl adjacent to an activating group) is 1. The zero-order valence-corrected chi connectivity index (χ0v) is 11.7. The fourth-order valence-corrected chi connectivity index (χ4v) is 3.10.